The summed E-state index contributed by atoms with van der Waals surface area (Å²) in [6, 6.07) is 11.0. The number of anilines is 2. The highest BCUT2D eigenvalue weighted by Gasteiger charge is 2.47. The van der Waals surface area contributed by atoms with Crippen LogP contribution >= 0.6 is 0 Å². The van der Waals surface area contributed by atoms with E-state index in [2.05, 4.69) is 0 Å². The molecule has 4 rings (SSSR count). The lowest BCUT2D eigenvalue weighted by atomic mass is 9.77. The van der Waals surface area contributed by atoms with Gasteiger partial charge in [-0.3, -0.25) is 9.59 Å². The number of carbonyl (C=O) groups is 2. The summed E-state index contributed by atoms with van der Waals surface area (Å²) in [5.74, 6) is -3.72. The van der Waals surface area contributed by atoms with E-state index in [0.29, 0.717) is 24.3 Å². The monoisotopic (exact) mass is 590 g/mol. The summed E-state index contributed by atoms with van der Waals surface area (Å²) in [6.07, 6.45) is -3.85. The predicted molar refractivity (Wildman–Crippen MR) is 151 cm³/mol. The number of aryl methyl sites for hydroxylation is 2. The zero-order valence-electron chi connectivity index (χ0n) is 24.2. The third kappa shape index (κ3) is 6.03. The van der Waals surface area contributed by atoms with E-state index >= 15 is 0 Å². The fourth-order valence-corrected chi connectivity index (χ4v) is 5.28. The molecule has 0 amide bonds. The first-order valence-corrected chi connectivity index (χ1v) is 13.4. The third-order valence-corrected chi connectivity index (χ3v) is 7.92. The van der Waals surface area contributed by atoms with E-state index in [1.165, 1.54) is 17.3 Å². The number of rotatable bonds is 5. The van der Waals surface area contributed by atoms with Gasteiger partial charge >= 0.3 is 12.4 Å². The topological polar surface area (TPSA) is 40.6 Å². The van der Waals surface area contributed by atoms with Crippen molar-refractivity contribution in [2.75, 3.05) is 16.3 Å². The Morgan fingerprint density at radius 1 is 0.738 bits per heavy atom. The Bertz CT molecular complexity index is 1530. The van der Waals surface area contributed by atoms with Gasteiger partial charge in [0.1, 0.15) is 0 Å². The summed E-state index contributed by atoms with van der Waals surface area (Å²) in [5.41, 5.74) is 1.86. The molecule has 0 radical (unpaired) electrons. The van der Waals surface area contributed by atoms with Crippen LogP contribution in [0, 0.1) is 24.7 Å². The van der Waals surface area contributed by atoms with Gasteiger partial charge in [-0.05, 0) is 72.2 Å². The van der Waals surface area contributed by atoms with Gasteiger partial charge < -0.3 is 9.80 Å². The van der Waals surface area contributed by atoms with Gasteiger partial charge in [0.25, 0.3) is 11.6 Å². The van der Waals surface area contributed by atoms with Gasteiger partial charge in [-0.2, -0.15) is 26.3 Å². The van der Waals surface area contributed by atoms with Crippen molar-refractivity contribution >= 4 is 22.9 Å². The molecule has 2 aromatic carbocycles. The number of hydrogen-bond acceptors (Lipinski definition) is 4. The Morgan fingerprint density at radius 2 is 1.24 bits per heavy atom. The maximum atomic E-state index is 13.3. The summed E-state index contributed by atoms with van der Waals surface area (Å²) in [6.45, 7) is 10.5. The van der Waals surface area contributed by atoms with Gasteiger partial charge in [-0.25, -0.2) is 0 Å². The van der Waals surface area contributed by atoms with Crippen LogP contribution in [0.2, 0.25) is 0 Å². The molecule has 0 bridgehead atoms. The normalized spacial score (nSPS) is 18.5. The van der Waals surface area contributed by atoms with E-state index in [1.54, 1.807) is 57.0 Å². The van der Waals surface area contributed by atoms with Crippen molar-refractivity contribution in [3.05, 3.63) is 83.3 Å². The molecule has 4 nitrogen and oxygen atoms in total. The molecule has 2 aromatic rings. The van der Waals surface area contributed by atoms with Crippen molar-refractivity contribution in [1.82, 2.24) is 0 Å². The fourth-order valence-electron chi connectivity index (χ4n) is 5.28. The molecule has 0 saturated heterocycles. The highest BCUT2D eigenvalue weighted by molar-refractivity contribution is 6.02. The number of nitrogens with zero attached hydrogens (tertiary/aromatic N) is 2. The lowest BCUT2D eigenvalue weighted by molar-refractivity contribution is -0.167. The molecular weight excluding hydrogens is 558 g/mol. The van der Waals surface area contributed by atoms with Crippen LogP contribution in [0.25, 0.3) is 11.1 Å². The largest absolute Gasteiger partial charge is 0.454 e. The van der Waals surface area contributed by atoms with Crippen molar-refractivity contribution in [2.45, 2.75) is 60.3 Å². The molecule has 10 heteroatoms. The zero-order valence-corrected chi connectivity index (χ0v) is 24.2. The molecule has 42 heavy (non-hydrogen) atoms. The van der Waals surface area contributed by atoms with Crippen molar-refractivity contribution < 1.29 is 35.9 Å². The van der Waals surface area contributed by atoms with Gasteiger partial charge in [0.05, 0.1) is 0 Å². The number of allylic oxidation sites excluding steroid dienone is 3. The Hall–Kier alpha value is -3.82. The van der Waals surface area contributed by atoms with E-state index in [9.17, 15) is 35.9 Å². The maximum Gasteiger partial charge on any atom is 0.454 e. The molecule has 224 valence electrons. The van der Waals surface area contributed by atoms with Gasteiger partial charge in [0.2, 0.25) is 0 Å². The number of alkyl halides is 6. The molecule has 0 unspecified atom stereocenters. The molecule has 0 atom stereocenters. The van der Waals surface area contributed by atoms with Crippen LogP contribution in [0.15, 0.2) is 72.2 Å². The Labute approximate surface area is 241 Å². The summed E-state index contributed by atoms with van der Waals surface area (Å²) in [7, 11) is 0. The number of Topliss-reactive ketones (excluding diaryl/α,β-unsaturated/α-hetero) is 2. The molecule has 2 heterocycles. The molecule has 0 aliphatic carbocycles. The number of hydrogen-bond donors (Lipinski definition) is 0. The summed E-state index contributed by atoms with van der Waals surface area (Å²) in [4.78, 5) is 27.4. The first-order valence-electron chi connectivity index (χ1n) is 13.4. The minimum Gasteiger partial charge on any atom is -0.347 e. The summed E-state index contributed by atoms with van der Waals surface area (Å²) in [5, 5.41) is 0. The van der Waals surface area contributed by atoms with E-state index in [-0.39, 0.29) is 11.1 Å². The quantitative estimate of drug-likeness (QED) is 0.327. The Balaban J connectivity index is 1.63. The lowest BCUT2D eigenvalue weighted by Gasteiger charge is -2.37. The number of carbonyl (C=O) groups excluding carboxylic acids is 2. The highest BCUT2D eigenvalue weighted by atomic mass is 19.4. The van der Waals surface area contributed by atoms with Gasteiger partial charge in [-0.15, -0.1) is 0 Å². The Morgan fingerprint density at radius 3 is 1.74 bits per heavy atom. The molecule has 0 N–H and O–H groups in total. The summed E-state index contributed by atoms with van der Waals surface area (Å²) >= 11 is 0. The van der Waals surface area contributed by atoms with Gasteiger partial charge in [-0.1, -0.05) is 45.9 Å². The molecule has 2 aliphatic heterocycles. The molecule has 0 saturated carbocycles. The van der Waals surface area contributed by atoms with Crippen LogP contribution in [0.5, 0.6) is 0 Å². The highest BCUT2D eigenvalue weighted by Crippen LogP contribution is 2.42. The molecule has 2 aliphatic rings. The fraction of sp³-hybridized carbons (Fsp3) is 0.375. The maximum absolute atomic E-state index is 13.3. The van der Waals surface area contributed by atoms with Gasteiger partial charge in [0, 0.05) is 53.1 Å². The zero-order chi connectivity index (χ0) is 31.4. The second-order valence-corrected chi connectivity index (χ2v) is 12.0. The average Bonchev–Trinajstić information content (AvgIpc) is 2.87. The van der Waals surface area contributed by atoms with Crippen LogP contribution in [-0.2, 0) is 9.59 Å². The average molecular weight is 591 g/mol. The Kier molecular flexibility index (Phi) is 7.76. The van der Waals surface area contributed by atoms with Crippen LogP contribution in [0.4, 0.5) is 37.7 Å². The predicted octanol–water partition coefficient (Wildman–Crippen LogP) is 8.60. The van der Waals surface area contributed by atoms with E-state index in [1.807, 2.05) is 38.1 Å². The van der Waals surface area contributed by atoms with Crippen LogP contribution < -0.4 is 9.80 Å². The van der Waals surface area contributed by atoms with Crippen LogP contribution in [-0.4, -0.2) is 30.5 Å². The molecule has 0 fully saturated rings. The number of ketones is 2. The second kappa shape index (κ2) is 10.5. The van der Waals surface area contributed by atoms with E-state index < -0.39 is 34.7 Å². The first-order chi connectivity index (χ1) is 19.2. The van der Waals surface area contributed by atoms with Crippen LogP contribution in [0.1, 0.15) is 45.2 Å². The smallest absolute Gasteiger partial charge is 0.347 e. The van der Waals surface area contributed by atoms with E-state index in [0.717, 1.165) is 22.3 Å². The SMILES string of the molecule is Cc1cc(-c2ccc(N3C=C(C(=O)C(F)(F)F)C(C)(C)CC3)c(C)c2)ccc1N1C=CC(C)(C)C(C(=O)C(F)(F)F)=C1. The third-order valence-electron chi connectivity index (χ3n) is 7.92. The van der Waals surface area contributed by atoms with Crippen molar-refractivity contribution in [1.29, 1.82) is 0 Å². The standard InChI is InChI=1S/C32H32F6N2O2/c1-19-15-21(7-9-25(19)39-13-11-29(3,4)23(17-39)27(41)31(33,34)35)22-8-10-26(20(2)16-22)40-14-12-30(5,6)24(18-40)28(42)32(36,37)38/h7-11,13,15-18H,12,14H2,1-6H3. The first kappa shape index (κ1) is 31.1. The molecule has 0 aromatic heterocycles. The van der Waals surface area contributed by atoms with Crippen molar-refractivity contribution in [2.24, 2.45) is 10.8 Å². The number of benzene rings is 2. The molecule has 0 spiro atoms. The minimum absolute atomic E-state index is 0.278. The molecular formula is C32H32F6N2O2. The van der Waals surface area contributed by atoms with Gasteiger partial charge in [0.15, 0.2) is 0 Å². The second-order valence-electron chi connectivity index (χ2n) is 12.0. The summed E-state index contributed by atoms with van der Waals surface area (Å²) < 4.78 is 79.5. The number of halogens is 6. The van der Waals surface area contributed by atoms with Crippen molar-refractivity contribution in [3.8, 4) is 11.1 Å². The van der Waals surface area contributed by atoms with Crippen molar-refractivity contribution in [3.63, 3.8) is 0 Å². The minimum atomic E-state index is -4.99. The van der Waals surface area contributed by atoms with Crippen LogP contribution in [0.3, 0.4) is 0 Å². The van der Waals surface area contributed by atoms with E-state index in [4.69, 9.17) is 0 Å². The lowest BCUT2D eigenvalue weighted by Crippen LogP contribution is -2.39.